The molecule has 5 nitrogen and oxygen atoms in total. The minimum absolute atomic E-state index is 0.139. The number of aromatic nitrogens is 1. The molecule has 0 radical (unpaired) electrons. The van der Waals surface area contributed by atoms with Crippen LogP contribution in [0.2, 0.25) is 0 Å². The number of aryl methyl sites for hydroxylation is 1. The van der Waals surface area contributed by atoms with Gasteiger partial charge >= 0.3 is 6.03 Å². The van der Waals surface area contributed by atoms with Gasteiger partial charge in [-0.2, -0.15) is 0 Å². The summed E-state index contributed by atoms with van der Waals surface area (Å²) < 4.78 is 0. The van der Waals surface area contributed by atoms with Gasteiger partial charge in [-0.05, 0) is 6.92 Å². The van der Waals surface area contributed by atoms with Crippen LogP contribution in [-0.2, 0) is 11.2 Å². The van der Waals surface area contributed by atoms with Gasteiger partial charge < -0.3 is 5.32 Å². The van der Waals surface area contributed by atoms with Gasteiger partial charge in [0.25, 0.3) is 0 Å². The van der Waals surface area contributed by atoms with Crippen LogP contribution in [0.1, 0.15) is 17.1 Å². The molecule has 1 rings (SSSR count). The molecule has 0 bridgehead atoms. The number of alkyl halides is 1. The summed E-state index contributed by atoms with van der Waals surface area (Å²) in [7, 11) is 0. The van der Waals surface area contributed by atoms with Crippen LogP contribution in [0.5, 0.6) is 0 Å². The number of rotatable bonds is 5. The predicted molar refractivity (Wildman–Crippen MR) is 67.4 cm³/mol. The second kappa shape index (κ2) is 7.24. The maximum absolute atomic E-state index is 11.2. The molecule has 0 aliphatic heterocycles. The van der Waals surface area contributed by atoms with Crippen molar-refractivity contribution in [3.63, 3.8) is 0 Å². The van der Waals surface area contributed by atoms with Gasteiger partial charge in [0.2, 0.25) is 5.91 Å². The summed E-state index contributed by atoms with van der Waals surface area (Å²) in [5, 5.41) is 7.72. The summed E-state index contributed by atoms with van der Waals surface area (Å²) in [4.78, 5) is 26.5. The van der Waals surface area contributed by atoms with Gasteiger partial charge in [-0.1, -0.05) is 0 Å². The number of urea groups is 1. The number of hydrogen-bond donors (Lipinski definition) is 2. The zero-order valence-electron chi connectivity index (χ0n) is 9.46. The Hall–Kier alpha value is -1.14. The Labute approximate surface area is 109 Å². The van der Waals surface area contributed by atoms with E-state index in [1.54, 1.807) is 11.3 Å². The Bertz CT molecular complexity index is 395. The molecule has 0 aromatic carbocycles. The van der Waals surface area contributed by atoms with Crippen molar-refractivity contribution in [2.75, 3.05) is 12.4 Å². The number of carbonyl (C=O) groups excluding carboxylic acids is 2. The first-order valence-electron chi connectivity index (χ1n) is 5.16. The van der Waals surface area contributed by atoms with E-state index in [4.69, 9.17) is 11.6 Å². The van der Waals surface area contributed by atoms with Crippen LogP contribution >= 0.6 is 22.9 Å². The van der Waals surface area contributed by atoms with E-state index in [1.807, 2.05) is 12.3 Å². The summed E-state index contributed by atoms with van der Waals surface area (Å²) >= 11 is 6.94. The third kappa shape index (κ3) is 5.65. The average Bonchev–Trinajstić information content (AvgIpc) is 2.64. The van der Waals surface area contributed by atoms with Crippen molar-refractivity contribution in [3.05, 3.63) is 16.1 Å². The molecular weight excluding hydrogens is 262 g/mol. The molecule has 94 valence electrons. The van der Waals surface area contributed by atoms with Crippen molar-refractivity contribution in [1.82, 2.24) is 15.6 Å². The molecular formula is C10H14ClN3O2S. The average molecular weight is 276 g/mol. The number of imide groups is 1. The molecule has 3 amide bonds. The fourth-order valence-corrected chi connectivity index (χ4v) is 1.97. The lowest BCUT2D eigenvalue weighted by atomic mass is 10.3. The van der Waals surface area contributed by atoms with Crippen LogP contribution in [0.15, 0.2) is 5.38 Å². The molecule has 1 heterocycles. The van der Waals surface area contributed by atoms with Gasteiger partial charge in [-0.3, -0.25) is 10.1 Å². The summed E-state index contributed by atoms with van der Waals surface area (Å²) in [6.07, 6.45) is 0.793. The van der Waals surface area contributed by atoms with E-state index in [0.717, 1.165) is 10.7 Å². The van der Waals surface area contributed by atoms with E-state index in [-0.39, 0.29) is 18.2 Å². The summed E-state index contributed by atoms with van der Waals surface area (Å²) in [6.45, 7) is 2.38. The monoisotopic (exact) mass is 275 g/mol. The summed E-state index contributed by atoms with van der Waals surface area (Å²) in [5.74, 6) is -0.168. The highest BCUT2D eigenvalue weighted by Crippen LogP contribution is 2.07. The van der Waals surface area contributed by atoms with Gasteiger partial charge in [-0.25, -0.2) is 9.78 Å². The first-order valence-corrected chi connectivity index (χ1v) is 6.58. The second-order valence-electron chi connectivity index (χ2n) is 3.35. The Morgan fingerprint density at radius 1 is 1.53 bits per heavy atom. The zero-order valence-corrected chi connectivity index (χ0v) is 11.0. The van der Waals surface area contributed by atoms with Crippen molar-refractivity contribution in [2.45, 2.75) is 19.8 Å². The Morgan fingerprint density at radius 3 is 2.88 bits per heavy atom. The molecule has 0 fully saturated rings. The largest absolute Gasteiger partial charge is 0.337 e. The fourth-order valence-electron chi connectivity index (χ4n) is 1.15. The third-order valence-electron chi connectivity index (χ3n) is 1.91. The van der Waals surface area contributed by atoms with Crippen LogP contribution in [0.3, 0.4) is 0 Å². The third-order valence-corrected chi connectivity index (χ3v) is 2.92. The first-order chi connectivity index (χ1) is 8.11. The van der Waals surface area contributed by atoms with Crippen LogP contribution in [0, 0.1) is 6.92 Å². The van der Waals surface area contributed by atoms with Crippen molar-refractivity contribution in [2.24, 2.45) is 0 Å². The number of nitrogens with zero attached hydrogens (tertiary/aromatic N) is 1. The standard InChI is InChI=1S/C10H14ClN3O2S/c1-7-13-8(6-17-7)3-5-12-10(16)14-9(15)2-4-11/h6H,2-5H2,1H3,(H2,12,14,15,16). The molecule has 0 unspecified atom stereocenters. The molecule has 2 N–H and O–H groups in total. The van der Waals surface area contributed by atoms with E-state index >= 15 is 0 Å². The SMILES string of the molecule is Cc1nc(CCNC(=O)NC(=O)CCCl)cs1. The zero-order chi connectivity index (χ0) is 12.7. The van der Waals surface area contributed by atoms with E-state index in [2.05, 4.69) is 15.6 Å². The van der Waals surface area contributed by atoms with E-state index in [1.165, 1.54) is 0 Å². The van der Waals surface area contributed by atoms with Crippen LogP contribution < -0.4 is 10.6 Å². The van der Waals surface area contributed by atoms with Crippen molar-refractivity contribution in [1.29, 1.82) is 0 Å². The number of amides is 3. The van der Waals surface area contributed by atoms with Crippen molar-refractivity contribution < 1.29 is 9.59 Å². The summed E-state index contributed by atoms with van der Waals surface area (Å²) in [6, 6.07) is -0.493. The molecule has 0 saturated heterocycles. The quantitative estimate of drug-likeness (QED) is 0.799. The van der Waals surface area contributed by atoms with E-state index < -0.39 is 6.03 Å². The summed E-state index contributed by atoms with van der Waals surface area (Å²) in [5.41, 5.74) is 0.944. The number of carbonyl (C=O) groups is 2. The highest BCUT2D eigenvalue weighted by molar-refractivity contribution is 7.09. The van der Waals surface area contributed by atoms with E-state index in [9.17, 15) is 9.59 Å². The lowest BCUT2D eigenvalue weighted by molar-refractivity contribution is -0.119. The molecule has 0 aliphatic carbocycles. The van der Waals surface area contributed by atoms with Crippen LogP contribution in [0.4, 0.5) is 4.79 Å². The first kappa shape index (κ1) is 13.9. The maximum atomic E-state index is 11.2. The topological polar surface area (TPSA) is 71.1 Å². The van der Waals surface area contributed by atoms with Gasteiger partial charge in [0, 0.05) is 30.6 Å². The minimum atomic E-state index is -0.493. The van der Waals surface area contributed by atoms with Gasteiger partial charge in [0.15, 0.2) is 0 Å². The number of hydrogen-bond acceptors (Lipinski definition) is 4. The number of halogens is 1. The Morgan fingerprint density at radius 2 is 2.29 bits per heavy atom. The van der Waals surface area contributed by atoms with Gasteiger partial charge in [-0.15, -0.1) is 22.9 Å². The van der Waals surface area contributed by atoms with Crippen LogP contribution in [0.25, 0.3) is 0 Å². The molecule has 0 aliphatic rings. The van der Waals surface area contributed by atoms with Crippen molar-refractivity contribution in [3.8, 4) is 0 Å². The van der Waals surface area contributed by atoms with Crippen LogP contribution in [-0.4, -0.2) is 29.3 Å². The van der Waals surface area contributed by atoms with Gasteiger partial charge in [0.1, 0.15) is 0 Å². The Kier molecular flexibility index (Phi) is 5.93. The molecule has 1 aromatic heterocycles. The lowest BCUT2D eigenvalue weighted by Gasteiger charge is -2.04. The highest BCUT2D eigenvalue weighted by atomic mass is 35.5. The van der Waals surface area contributed by atoms with E-state index in [0.29, 0.717) is 13.0 Å². The second-order valence-corrected chi connectivity index (χ2v) is 4.79. The van der Waals surface area contributed by atoms with Crippen molar-refractivity contribution >= 4 is 34.9 Å². The molecule has 0 atom stereocenters. The minimum Gasteiger partial charge on any atom is -0.337 e. The number of thiazole rings is 1. The molecule has 7 heteroatoms. The predicted octanol–water partition coefficient (Wildman–Crippen LogP) is 1.45. The maximum Gasteiger partial charge on any atom is 0.321 e. The lowest BCUT2D eigenvalue weighted by Crippen LogP contribution is -2.40. The smallest absolute Gasteiger partial charge is 0.321 e. The molecule has 0 spiro atoms. The highest BCUT2D eigenvalue weighted by Gasteiger charge is 2.06. The molecule has 1 aromatic rings. The molecule has 17 heavy (non-hydrogen) atoms. The van der Waals surface area contributed by atoms with Gasteiger partial charge in [0.05, 0.1) is 10.7 Å². The Balaban J connectivity index is 2.18. The fraction of sp³-hybridized carbons (Fsp3) is 0.500. The number of nitrogens with one attached hydrogen (secondary N) is 2. The molecule has 0 saturated carbocycles. The normalized spacial score (nSPS) is 10.0.